The summed E-state index contributed by atoms with van der Waals surface area (Å²) in [6.45, 7) is 0.779. The maximum atomic E-state index is 10.6. The molecule has 0 saturated heterocycles. The van der Waals surface area contributed by atoms with E-state index in [1.165, 1.54) is 24.1 Å². The van der Waals surface area contributed by atoms with E-state index in [9.17, 15) is 4.79 Å². The first-order valence-electron chi connectivity index (χ1n) is 8.22. The van der Waals surface area contributed by atoms with Gasteiger partial charge in [0.1, 0.15) is 0 Å². The highest BCUT2D eigenvalue weighted by Gasteiger charge is 2.18. The quantitative estimate of drug-likeness (QED) is 0.768. The molecule has 4 nitrogen and oxygen atoms in total. The summed E-state index contributed by atoms with van der Waals surface area (Å²) in [6.07, 6.45) is 6.22. The minimum atomic E-state index is -0.730. The second-order valence-corrected chi connectivity index (χ2v) is 6.49. The molecule has 0 fully saturated rings. The highest BCUT2D eigenvalue weighted by Crippen LogP contribution is 2.34. The molecule has 1 aliphatic carbocycles. The predicted octanol–water partition coefficient (Wildman–Crippen LogP) is 4.43. The Bertz CT molecular complexity index is 731. The molecular formula is C18H21ClN2O2. The van der Waals surface area contributed by atoms with E-state index in [1.807, 2.05) is 18.2 Å². The van der Waals surface area contributed by atoms with Gasteiger partial charge in [-0.25, -0.2) is 0 Å². The Balaban J connectivity index is 1.85. The van der Waals surface area contributed by atoms with Crippen LogP contribution in [0.3, 0.4) is 0 Å². The van der Waals surface area contributed by atoms with Gasteiger partial charge in [0.2, 0.25) is 0 Å². The van der Waals surface area contributed by atoms with Crippen LogP contribution in [-0.2, 0) is 17.6 Å². The molecule has 1 heterocycles. The van der Waals surface area contributed by atoms with Gasteiger partial charge in [0.15, 0.2) is 0 Å². The molecule has 1 aromatic carbocycles. The van der Waals surface area contributed by atoms with Crippen molar-refractivity contribution in [2.45, 2.75) is 44.9 Å². The molecule has 0 amide bonds. The summed E-state index contributed by atoms with van der Waals surface area (Å²) in [5, 5.41) is 14.1. The van der Waals surface area contributed by atoms with Crippen LogP contribution in [0.25, 0.3) is 10.9 Å². The smallest absolute Gasteiger partial charge is 0.303 e. The normalized spacial score (nSPS) is 13.8. The maximum Gasteiger partial charge on any atom is 0.303 e. The zero-order valence-corrected chi connectivity index (χ0v) is 13.8. The van der Waals surface area contributed by atoms with E-state index < -0.39 is 5.97 Å². The van der Waals surface area contributed by atoms with Crippen LogP contribution in [-0.4, -0.2) is 22.6 Å². The molecule has 0 aliphatic heterocycles. The molecule has 3 rings (SSSR count). The number of aryl methyl sites for hydroxylation is 1. The molecule has 122 valence electrons. The number of nitrogens with zero attached hydrogens (tertiary/aromatic N) is 1. The molecule has 0 unspecified atom stereocenters. The molecule has 0 saturated carbocycles. The minimum Gasteiger partial charge on any atom is -0.481 e. The van der Waals surface area contributed by atoms with Crippen molar-refractivity contribution in [2.75, 3.05) is 11.9 Å². The van der Waals surface area contributed by atoms with E-state index in [0.29, 0.717) is 11.4 Å². The number of benzene rings is 1. The summed E-state index contributed by atoms with van der Waals surface area (Å²) in [5.41, 5.74) is 4.60. The van der Waals surface area contributed by atoms with Gasteiger partial charge in [-0.2, -0.15) is 0 Å². The van der Waals surface area contributed by atoms with E-state index in [1.54, 1.807) is 0 Å². The SMILES string of the molecule is O=C(O)CCCCNc1c2c(nc3cc(Cl)ccc13)CCCC2. The summed E-state index contributed by atoms with van der Waals surface area (Å²) in [7, 11) is 0. The molecule has 0 radical (unpaired) electrons. The molecule has 0 spiro atoms. The summed E-state index contributed by atoms with van der Waals surface area (Å²) < 4.78 is 0. The van der Waals surface area contributed by atoms with Crippen molar-refractivity contribution in [1.29, 1.82) is 0 Å². The van der Waals surface area contributed by atoms with Crippen LogP contribution in [0.4, 0.5) is 5.69 Å². The summed E-state index contributed by atoms with van der Waals surface area (Å²) in [4.78, 5) is 15.4. The van der Waals surface area contributed by atoms with Crippen molar-refractivity contribution in [2.24, 2.45) is 0 Å². The third-order valence-electron chi connectivity index (χ3n) is 4.34. The first-order chi connectivity index (χ1) is 11.1. The molecule has 1 aromatic heterocycles. The average molecular weight is 333 g/mol. The van der Waals surface area contributed by atoms with Crippen LogP contribution in [0.15, 0.2) is 18.2 Å². The number of pyridine rings is 1. The number of rotatable bonds is 6. The van der Waals surface area contributed by atoms with Crippen molar-refractivity contribution in [3.05, 3.63) is 34.5 Å². The molecule has 0 bridgehead atoms. The van der Waals surface area contributed by atoms with Gasteiger partial charge in [-0.05, 0) is 62.3 Å². The number of carboxylic acid groups (broad SMARTS) is 1. The molecule has 5 heteroatoms. The Morgan fingerprint density at radius 3 is 2.91 bits per heavy atom. The monoisotopic (exact) mass is 332 g/mol. The number of nitrogens with one attached hydrogen (secondary N) is 1. The zero-order chi connectivity index (χ0) is 16.2. The fraction of sp³-hybridized carbons (Fsp3) is 0.444. The van der Waals surface area contributed by atoms with E-state index in [4.69, 9.17) is 21.7 Å². The number of aromatic nitrogens is 1. The second-order valence-electron chi connectivity index (χ2n) is 6.06. The van der Waals surface area contributed by atoms with Crippen molar-refractivity contribution in [3.8, 4) is 0 Å². The van der Waals surface area contributed by atoms with E-state index >= 15 is 0 Å². The number of aliphatic carboxylic acids is 1. The molecule has 1 aliphatic rings. The fourth-order valence-corrected chi connectivity index (χ4v) is 3.38. The Morgan fingerprint density at radius 1 is 1.26 bits per heavy atom. The standard InChI is InChI=1S/C18H21ClN2O2/c19-12-8-9-14-16(11-12)21-15-6-2-1-5-13(15)18(14)20-10-4-3-7-17(22)23/h8-9,11H,1-7,10H2,(H,20,21)(H,22,23). The maximum absolute atomic E-state index is 10.6. The first-order valence-corrected chi connectivity index (χ1v) is 8.59. The van der Waals surface area contributed by atoms with Crippen molar-refractivity contribution in [3.63, 3.8) is 0 Å². The molecule has 23 heavy (non-hydrogen) atoms. The van der Waals surface area contributed by atoms with Crippen LogP contribution in [0.5, 0.6) is 0 Å². The lowest BCUT2D eigenvalue weighted by Crippen LogP contribution is -2.12. The number of unbranched alkanes of at least 4 members (excludes halogenated alkanes) is 1. The average Bonchev–Trinajstić information content (AvgIpc) is 2.53. The lowest BCUT2D eigenvalue weighted by atomic mass is 9.92. The summed E-state index contributed by atoms with van der Waals surface area (Å²) >= 11 is 6.11. The molecule has 2 aromatic rings. The minimum absolute atomic E-state index is 0.229. The lowest BCUT2D eigenvalue weighted by Gasteiger charge is -2.21. The fourth-order valence-electron chi connectivity index (χ4n) is 3.22. The number of fused-ring (bicyclic) bond motifs is 2. The highest BCUT2D eigenvalue weighted by molar-refractivity contribution is 6.31. The van der Waals surface area contributed by atoms with Gasteiger partial charge >= 0.3 is 5.97 Å². The number of halogens is 1. The summed E-state index contributed by atoms with van der Waals surface area (Å²) in [5.74, 6) is -0.730. The van der Waals surface area contributed by atoms with E-state index in [0.717, 1.165) is 42.4 Å². The van der Waals surface area contributed by atoms with Gasteiger partial charge in [-0.3, -0.25) is 9.78 Å². The Labute approximate surface area is 140 Å². The van der Waals surface area contributed by atoms with Gasteiger partial charge in [-0.15, -0.1) is 0 Å². The second kappa shape index (κ2) is 7.18. The van der Waals surface area contributed by atoms with Gasteiger partial charge in [0.05, 0.1) is 5.52 Å². The predicted molar refractivity (Wildman–Crippen MR) is 93.4 cm³/mol. The van der Waals surface area contributed by atoms with Crippen molar-refractivity contribution < 1.29 is 9.90 Å². The van der Waals surface area contributed by atoms with Crippen LogP contribution in [0.2, 0.25) is 5.02 Å². The highest BCUT2D eigenvalue weighted by atomic mass is 35.5. The van der Waals surface area contributed by atoms with Crippen molar-refractivity contribution in [1.82, 2.24) is 4.98 Å². The van der Waals surface area contributed by atoms with Crippen LogP contribution >= 0.6 is 11.6 Å². The molecular weight excluding hydrogens is 312 g/mol. The number of carboxylic acids is 1. The van der Waals surface area contributed by atoms with E-state index in [2.05, 4.69) is 5.32 Å². The van der Waals surface area contributed by atoms with Gasteiger partial charge in [0, 0.05) is 34.8 Å². The number of anilines is 1. The first kappa shape index (κ1) is 16.1. The topological polar surface area (TPSA) is 62.2 Å². The number of hydrogen-bond donors (Lipinski definition) is 2. The molecule has 0 atom stereocenters. The number of carbonyl (C=O) groups is 1. The lowest BCUT2D eigenvalue weighted by molar-refractivity contribution is -0.137. The Morgan fingerprint density at radius 2 is 2.09 bits per heavy atom. The largest absolute Gasteiger partial charge is 0.481 e. The molecule has 2 N–H and O–H groups in total. The third-order valence-corrected chi connectivity index (χ3v) is 4.58. The Hall–Kier alpha value is -1.81. The van der Waals surface area contributed by atoms with Gasteiger partial charge in [0.25, 0.3) is 0 Å². The Kier molecular flexibility index (Phi) is 5.01. The van der Waals surface area contributed by atoms with Crippen molar-refractivity contribution >= 4 is 34.2 Å². The number of hydrogen-bond acceptors (Lipinski definition) is 3. The van der Waals surface area contributed by atoms with Gasteiger partial charge < -0.3 is 10.4 Å². The van der Waals surface area contributed by atoms with Crippen LogP contribution < -0.4 is 5.32 Å². The summed E-state index contributed by atoms with van der Waals surface area (Å²) in [6, 6.07) is 5.84. The van der Waals surface area contributed by atoms with Crippen LogP contribution in [0, 0.1) is 0 Å². The van der Waals surface area contributed by atoms with Gasteiger partial charge in [-0.1, -0.05) is 11.6 Å². The van der Waals surface area contributed by atoms with Crippen LogP contribution in [0.1, 0.15) is 43.4 Å². The zero-order valence-electron chi connectivity index (χ0n) is 13.1. The third kappa shape index (κ3) is 3.75. The van der Waals surface area contributed by atoms with E-state index in [-0.39, 0.29) is 6.42 Å².